The standard InChI is InChI=1S/C17H14F3N3O2/c1-24-15-8-7-13(9-16(15)25-2)23-10-14(21-22-23)11-3-5-12(6-4-11)17(18,19)20/h3-10H,1-2H3. The van der Waals surface area contributed by atoms with Crippen LogP contribution in [0, 0.1) is 0 Å². The summed E-state index contributed by atoms with van der Waals surface area (Å²) in [7, 11) is 3.06. The zero-order valence-electron chi connectivity index (χ0n) is 13.4. The number of alkyl halides is 3. The number of methoxy groups -OCH3 is 2. The van der Waals surface area contributed by atoms with Gasteiger partial charge in [0.15, 0.2) is 11.5 Å². The van der Waals surface area contributed by atoms with Crippen LogP contribution in [-0.2, 0) is 6.18 Å². The highest BCUT2D eigenvalue weighted by Gasteiger charge is 2.30. The van der Waals surface area contributed by atoms with Crippen LogP contribution in [0.5, 0.6) is 11.5 Å². The van der Waals surface area contributed by atoms with E-state index in [9.17, 15) is 13.2 Å². The predicted molar refractivity (Wildman–Crippen MR) is 84.9 cm³/mol. The molecular formula is C17H14F3N3O2. The Kier molecular flexibility index (Phi) is 4.35. The van der Waals surface area contributed by atoms with Crippen molar-refractivity contribution in [1.29, 1.82) is 0 Å². The molecule has 3 rings (SSSR count). The van der Waals surface area contributed by atoms with E-state index in [1.54, 1.807) is 24.4 Å². The third kappa shape index (κ3) is 3.42. The first kappa shape index (κ1) is 16.8. The molecule has 0 spiro atoms. The summed E-state index contributed by atoms with van der Waals surface area (Å²) < 4.78 is 49.8. The highest BCUT2D eigenvalue weighted by atomic mass is 19.4. The van der Waals surface area contributed by atoms with E-state index in [2.05, 4.69) is 10.3 Å². The van der Waals surface area contributed by atoms with Crippen LogP contribution in [0.2, 0.25) is 0 Å². The van der Waals surface area contributed by atoms with E-state index in [1.807, 2.05) is 0 Å². The minimum Gasteiger partial charge on any atom is -0.493 e. The first-order valence-electron chi connectivity index (χ1n) is 7.25. The lowest BCUT2D eigenvalue weighted by Crippen LogP contribution is -2.03. The first-order valence-corrected chi connectivity index (χ1v) is 7.25. The van der Waals surface area contributed by atoms with Crippen molar-refractivity contribution in [3.05, 3.63) is 54.2 Å². The fourth-order valence-electron chi connectivity index (χ4n) is 2.32. The largest absolute Gasteiger partial charge is 0.493 e. The van der Waals surface area contributed by atoms with Gasteiger partial charge in [0.25, 0.3) is 0 Å². The zero-order chi connectivity index (χ0) is 18.0. The number of halogens is 3. The van der Waals surface area contributed by atoms with Crippen LogP contribution in [0.4, 0.5) is 13.2 Å². The molecule has 0 saturated carbocycles. The Balaban J connectivity index is 1.90. The molecule has 1 heterocycles. The number of benzene rings is 2. The third-order valence-electron chi connectivity index (χ3n) is 3.63. The van der Waals surface area contributed by atoms with Crippen LogP contribution in [-0.4, -0.2) is 29.2 Å². The SMILES string of the molecule is COc1ccc(-n2cc(-c3ccc(C(F)(F)F)cc3)nn2)cc1OC. The highest BCUT2D eigenvalue weighted by molar-refractivity contribution is 5.59. The molecule has 130 valence electrons. The van der Waals surface area contributed by atoms with Crippen LogP contribution in [0.1, 0.15) is 5.56 Å². The fourth-order valence-corrected chi connectivity index (χ4v) is 2.32. The molecule has 0 fully saturated rings. The van der Waals surface area contributed by atoms with Gasteiger partial charge < -0.3 is 9.47 Å². The van der Waals surface area contributed by atoms with E-state index in [1.165, 1.54) is 31.0 Å². The van der Waals surface area contributed by atoms with Crippen LogP contribution in [0.3, 0.4) is 0 Å². The number of ether oxygens (including phenoxy) is 2. The van der Waals surface area contributed by atoms with Crippen molar-refractivity contribution in [2.45, 2.75) is 6.18 Å². The van der Waals surface area contributed by atoms with Gasteiger partial charge in [0.05, 0.1) is 31.7 Å². The van der Waals surface area contributed by atoms with Crippen molar-refractivity contribution in [3.8, 4) is 28.4 Å². The molecule has 0 radical (unpaired) electrons. The Hall–Kier alpha value is -3.03. The molecule has 8 heteroatoms. The fraction of sp³-hybridized carbons (Fsp3) is 0.176. The minimum absolute atomic E-state index is 0.462. The summed E-state index contributed by atoms with van der Waals surface area (Å²) in [5.74, 6) is 1.11. The molecule has 1 aromatic heterocycles. The van der Waals surface area contributed by atoms with E-state index in [-0.39, 0.29) is 0 Å². The maximum absolute atomic E-state index is 12.6. The molecule has 25 heavy (non-hydrogen) atoms. The van der Waals surface area contributed by atoms with Crippen molar-refractivity contribution in [2.75, 3.05) is 14.2 Å². The molecule has 0 amide bonds. The van der Waals surface area contributed by atoms with Crippen LogP contribution < -0.4 is 9.47 Å². The molecule has 0 bridgehead atoms. The van der Waals surface area contributed by atoms with Gasteiger partial charge in [-0.3, -0.25) is 0 Å². The molecule has 0 unspecified atom stereocenters. The zero-order valence-corrected chi connectivity index (χ0v) is 13.4. The highest BCUT2D eigenvalue weighted by Crippen LogP contribution is 2.31. The Morgan fingerprint density at radius 1 is 0.920 bits per heavy atom. The number of hydrogen-bond donors (Lipinski definition) is 0. The van der Waals surface area contributed by atoms with Crippen molar-refractivity contribution < 1.29 is 22.6 Å². The second-order valence-corrected chi connectivity index (χ2v) is 5.16. The summed E-state index contributed by atoms with van der Waals surface area (Å²) in [6, 6.07) is 10.00. The van der Waals surface area contributed by atoms with Gasteiger partial charge in [-0.25, -0.2) is 4.68 Å². The molecule has 0 saturated heterocycles. The lowest BCUT2D eigenvalue weighted by atomic mass is 10.1. The quantitative estimate of drug-likeness (QED) is 0.715. The number of nitrogens with zero attached hydrogens (tertiary/aromatic N) is 3. The summed E-state index contributed by atoms with van der Waals surface area (Å²) in [4.78, 5) is 0. The summed E-state index contributed by atoms with van der Waals surface area (Å²) in [6.07, 6.45) is -2.74. The van der Waals surface area contributed by atoms with Crippen molar-refractivity contribution in [1.82, 2.24) is 15.0 Å². The van der Waals surface area contributed by atoms with Gasteiger partial charge in [-0.05, 0) is 24.3 Å². The Morgan fingerprint density at radius 3 is 2.20 bits per heavy atom. The van der Waals surface area contributed by atoms with Gasteiger partial charge in [0.2, 0.25) is 0 Å². The smallest absolute Gasteiger partial charge is 0.416 e. The lowest BCUT2D eigenvalue weighted by molar-refractivity contribution is -0.137. The topological polar surface area (TPSA) is 49.2 Å². The van der Waals surface area contributed by atoms with Crippen LogP contribution in [0.25, 0.3) is 16.9 Å². The minimum atomic E-state index is -4.37. The van der Waals surface area contributed by atoms with Crippen LogP contribution >= 0.6 is 0 Å². The predicted octanol–water partition coefficient (Wildman–Crippen LogP) is 3.97. The van der Waals surface area contributed by atoms with Crippen molar-refractivity contribution in [2.24, 2.45) is 0 Å². The first-order chi connectivity index (χ1) is 11.9. The van der Waals surface area contributed by atoms with Gasteiger partial charge in [0.1, 0.15) is 5.69 Å². The molecule has 0 N–H and O–H groups in total. The summed E-state index contributed by atoms with van der Waals surface area (Å²) >= 11 is 0. The molecule has 5 nitrogen and oxygen atoms in total. The maximum atomic E-state index is 12.6. The normalized spacial score (nSPS) is 11.4. The summed E-state index contributed by atoms with van der Waals surface area (Å²) in [6.45, 7) is 0. The number of rotatable bonds is 4. The molecule has 0 atom stereocenters. The lowest BCUT2D eigenvalue weighted by Gasteiger charge is -2.09. The van der Waals surface area contributed by atoms with Crippen molar-refractivity contribution in [3.63, 3.8) is 0 Å². The van der Waals surface area contributed by atoms with Gasteiger partial charge in [-0.2, -0.15) is 13.2 Å². The van der Waals surface area contributed by atoms with E-state index in [0.717, 1.165) is 12.1 Å². The van der Waals surface area contributed by atoms with E-state index < -0.39 is 11.7 Å². The molecule has 3 aromatic rings. The Morgan fingerprint density at radius 2 is 1.60 bits per heavy atom. The van der Waals surface area contributed by atoms with Gasteiger partial charge in [0, 0.05) is 11.6 Å². The third-order valence-corrected chi connectivity index (χ3v) is 3.63. The van der Waals surface area contributed by atoms with Gasteiger partial charge >= 0.3 is 6.18 Å². The molecule has 2 aromatic carbocycles. The van der Waals surface area contributed by atoms with Gasteiger partial charge in [-0.1, -0.05) is 17.3 Å². The second-order valence-electron chi connectivity index (χ2n) is 5.16. The molecular weight excluding hydrogens is 335 g/mol. The average molecular weight is 349 g/mol. The second kappa shape index (κ2) is 6.46. The number of aromatic nitrogens is 3. The van der Waals surface area contributed by atoms with Crippen LogP contribution in [0.15, 0.2) is 48.7 Å². The van der Waals surface area contributed by atoms with Gasteiger partial charge in [-0.15, -0.1) is 5.10 Å². The summed E-state index contributed by atoms with van der Waals surface area (Å²) in [5, 5.41) is 8.03. The summed E-state index contributed by atoms with van der Waals surface area (Å²) in [5.41, 5.74) is 0.982. The van der Waals surface area contributed by atoms with E-state index >= 15 is 0 Å². The van der Waals surface area contributed by atoms with E-state index in [4.69, 9.17) is 9.47 Å². The monoisotopic (exact) mass is 349 g/mol. The Bertz CT molecular complexity index is 874. The molecule has 0 aliphatic carbocycles. The Labute approximate surface area is 141 Å². The van der Waals surface area contributed by atoms with Crippen molar-refractivity contribution >= 4 is 0 Å². The molecule has 0 aliphatic heterocycles. The molecule has 0 aliphatic rings. The van der Waals surface area contributed by atoms with E-state index in [0.29, 0.717) is 28.4 Å². The average Bonchev–Trinajstić information content (AvgIpc) is 3.10. The maximum Gasteiger partial charge on any atom is 0.416 e. The number of hydrogen-bond acceptors (Lipinski definition) is 4.